The molecule has 176 valence electrons. The molecule has 0 amide bonds. The number of ketones is 1. The van der Waals surface area contributed by atoms with Crippen LogP contribution in [0.3, 0.4) is 0 Å². The van der Waals surface area contributed by atoms with Crippen LogP contribution >= 0.6 is 0 Å². The number of alkyl halides is 3. The molecule has 0 saturated heterocycles. The van der Waals surface area contributed by atoms with Gasteiger partial charge in [-0.3, -0.25) is 4.79 Å². The van der Waals surface area contributed by atoms with E-state index in [2.05, 4.69) is 15.4 Å². The van der Waals surface area contributed by atoms with E-state index < -0.39 is 17.8 Å². The number of rotatable bonds is 4. The fraction of sp³-hybridized carbons (Fsp3) is 0.292. The highest BCUT2D eigenvalue weighted by atomic mass is 19.4. The van der Waals surface area contributed by atoms with Gasteiger partial charge in [-0.1, -0.05) is 24.3 Å². The molecule has 1 N–H and O–H groups in total. The summed E-state index contributed by atoms with van der Waals surface area (Å²) < 4.78 is 53.6. The van der Waals surface area contributed by atoms with E-state index in [-0.39, 0.29) is 29.3 Å². The van der Waals surface area contributed by atoms with Crippen molar-refractivity contribution in [3.05, 3.63) is 76.8 Å². The topological polar surface area (TPSA) is 78.3 Å². The molecule has 5 rings (SSSR count). The first-order valence-corrected chi connectivity index (χ1v) is 10.6. The van der Waals surface area contributed by atoms with Crippen molar-refractivity contribution in [3.63, 3.8) is 0 Å². The summed E-state index contributed by atoms with van der Waals surface area (Å²) >= 11 is 0. The Bertz CT molecular complexity index is 1300. The summed E-state index contributed by atoms with van der Waals surface area (Å²) in [4.78, 5) is 17.6. The summed E-state index contributed by atoms with van der Waals surface area (Å²) in [5.41, 5.74) is 0.877. The van der Waals surface area contributed by atoms with Crippen LogP contribution in [-0.4, -0.2) is 34.8 Å². The van der Waals surface area contributed by atoms with Gasteiger partial charge in [0.15, 0.2) is 17.3 Å². The van der Waals surface area contributed by atoms with Gasteiger partial charge in [-0.2, -0.15) is 23.3 Å². The van der Waals surface area contributed by atoms with Crippen LogP contribution in [0.15, 0.2) is 60.1 Å². The van der Waals surface area contributed by atoms with Gasteiger partial charge in [0.25, 0.3) is 0 Å². The van der Waals surface area contributed by atoms with E-state index in [0.717, 1.165) is 11.6 Å². The number of carbonyl (C=O) groups is 1. The molecule has 2 aliphatic rings. The van der Waals surface area contributed by atoms with Gasteiger partial charge in [0.2, 0.25) is 5.95 Å². The van der Waals surface area contributed by atoms with Gasteiger partial charge in [-0.05, 0) is 41.7 Å². The van der Waals surface area contributed by atoms with E-state index in [1.165, 1.54) is 36.3 Å². The normalized spacial score (nSPS) is 19.9. The number of ether oxygens (including phenoxy) is 2. The summed E-state index contributed by atoms with van der Waals surface area (Å²) in [6.07, 6.45) is -2.75. The smallest absolute Gasteiger partial charge is 0.416 e. The van der Waals surface area contributed by atoms with Crippen LogP contribution in [0.2, 0.25) is 0 Å². The number of hydrogen-bond acceptors (Lipinski definition) is 6. The Morgan fingerprint density at radius 3 is 2.56 bits per heavy atom. The van der Waals surface area contributed by atoms with Crippen LogP contribution in [-0.2, 0) is 11.0 Å². The number of halogens is 3. The summed E-state index contributed by atoms with van der Waals surface area (Å²) in [5, 5.41) is 7.27. The SMILES string of the molecule is COc1ccc([C@H]2CC(=O)C3=C(C2)Nc2ncnn2[C@@H]3c2ccccc2C(F)(F)F)cc1OC. The first-order valence-electron chi connectivity index (χ1n) is 10.6. The summed E-state index contributed by atoms with van der Waals surface area (Å²) in [5.74, 6) is 0.978. The first-order chi connectivity index (χ1) is 16.3. The number of aromatic nitrogens is 3. The standard InChI is InChI=1S/C24H21F3N4O3/c1-33-19-8-7-13(11-20(19)34-2)14-9-17-21(18(32)10-14)22(31-23(30-17)28-12-29-31)15-5-3-4-6-16(15)24(25,26)27/h3-8,11-12,14,22H,9-10H2,1-2H3,(H,28,29,30)/t14-,22-/m1/s1. The molecule has 2 atom stereocenters. The minimum absolute atomic E-state index is 0.0336. The molecule has 34 heavy (non-hydrogen) atoms. The predicted octanol–water partition coefficient (Wildman–Crippen LogP) is 4.73. The molecule has 7 nitrogen and oxygen atoms in total. The van der Waals surface area contributed by atoms with E-state index >= 15 is 0 Å². The number of methoxy groups -OCH3 is 2. The molecule has 0 saturated carbocycles. The molecule has 1 aromatic heterocycles. The van der Waals surface area contributed by atoms with Crippen LogP contribution in [0.25, 0.3) is 0 Å². The maximum absolute atomic E-state index is 13.9. The van der Waals surface area contributed by atoms with Crippen molar-refractivity contribution in [3.8, 4) is 11.5 Å². The van der Waals surface area contributed by atoms with E-state index in [0.29, 0.717) is 29.6 Å². The van der Waals surface area contributed by atoms with Crippen LogP contribution in [0.4, 0.5) is 19.1 Å². The maximum Gasteiger partial charge on any atom is 0.416 e. The average Bonchev–Trinajstić information content (AvgIpc) is 3.29. The highest BCUT2D eigenvalue weighted by Gasteiger charge is 2.43. The molecule has 0 fully saturated rings. The third kappa shape index (κ3) is 3.59. The number of nitrogens with zero attached hydrogens (tertiary/aromatic N) is 3. The number of carbonyl (C=O) groups excluding carboxylic acids is 1. The summed E-state index contributed by atoms with van der Waals surface area (Å²) in [6.45, 7) is 0. The number of fused-ring (bicyclic) bond motifs is 1. The van der Waals surface area contributed by atoms with Gasteiger partial charge in [0, 0.05) is 17.7 Å². The predicted molar refractivity (Wildman–Crippen MR) is 117 cm³/mol. The molecule has 0 bridgehead atoms. The molecular weight excluding hydrogens is 449 g/mol. The Hall–Kier alpha value is -3.82. The van der Waals surface area contributed by atoms with Gasteiger partial charge in [0.05, 0.1) is 19.8 Å². The number of benzene rings is 2. The highest BCUT2D eigenvalue weighted by Crippen LogP contribution is 2.47. The van der Waals surface area contributed by atoms with Crippen molar-refractivity contribution in [1.82, 2.24) is 14.8 Å². The van der Waals surface area contributed by atoms with Crippen molar-refractivity contribution < 1.29 is 27.4 Å². The zero-order valence-corrected chi connectivity index (χ0v) is 18.4. The summed E-state index contributed by atoms with van der Waals surface area (Å²) in [7, 11) is 3.08. The Morgan fingerprint density at radius 2 is 1.82 bits per heavy atom. The lowest BCUT2D eigenvalue weighted by Gasteiger charge is -2.36. The number of Topliss-reactive ketones (excluding diaryl/α,β-unsaturated/α-hetero) is 1. The molecule has 1 aliphatic heterocycles. The van der Waals surface area contributed by atoms with Crippen molar-refractivity contribution in [1.29, 1.82) is 0 Å². The Morgan fingerprint density at radius 1 is 1.06 bits per heavy atom. The van der Waals surface area contributed by atoms with Gasteiger partial charge in [0.1, 0.15) is 12.4 Å². The average molecular weight is 470 g/mol. The molecule has 10 heteroatoms. The Kier molecular flexibility index (Phi) is 5.30. The van der Waals surface area contributed by atoms with Crippen molar-refractivity contribution in [2.45, 2.75) is 31.0 Å². The minimum Gasteiger partial charge on any atom is -0.493 e. The molecule has 1 aliphatic carbocycles. The van der Waals surface area contributed by atoms with Crippen LogP contribution in [0.1, 0.15) is 41.5 Å². The van der Waals surface area contributed by atoms with Crippen molar-refractivity contribution in [2.75, 3.05) is 19.5 Å². The molecular formula is C24H21F3N4O3. The fourth-order valence-electron chi connectivity index (χ4n) is 4.78. The van der Waals surface area contributed by atoms with Gasteiger partial charge >= 0.3 is 6.18 Å². The first kappa shape index (κ1) is 22.0. The number of nitrogens with one attached hydrogen (secondary N) is 1. The molecule has 3 aromatic rings. The number of hydrogen-bond donors (Lipinski definition) is 1. The zero-order chi connectivity index (χ0) is 24.0. The fourth-order valence-corrected chi connectivity index (χ4v) is 4.78. The van der Waals surface area contributed by atoms with E-state index in [1.54, 1.807) is 13.2 Å². The molecule has 0 spiro atoms. The second-order valence-corrected chi connectivity index (χ2v) is 8.18. The monoisotopic (exact) mass is 470 g/mol. The second kappa shape index (κ2) is 8.19. The lowest BCUT2D eigenvalue weighted by atomic mass is 9.77. The van der Waals surface area contributed by atoms with Crippen LogP contribution < -0.4 is 14.8 Å². The number of allylic oxidation sites excluding steroid dienone is 2. The van der Waals surface area contributed by atoms with Crippen molar-refractivity contribution >= 4 is 11.7 Å². The third-order valence-corrected chi connectivity index (χ3v) is 6.30. The van der Waals surface area contributed by atoms with Crippen LogP contribution in [0, 0.1) is 0 Å². The van der Waals surface area contributed by atoms with E-state index in [4.69, 9.17) is 9.47 Å². The maximum atomic E-state index is 13.9. The molecule has 2 aromatic carbocycles. The van der Waals surface area contributed by atoms with Crippen LogP contribution in [0.5, 0.6) is 11.5 Å². The summed E-state index contributed by atoms with van der Waals surface area (Å²) in [6, 6.07) is 9.72. The highest BCUT2D eigenvalue weighted by molar-refractivity contribution is 6.00. The van der Waals surface area contributed by atoms with E-state index in [1.807, 2.05) is 12.1 Å². The van der Waals surface area contributed by atoms with Gasteiger partial charge in [-0.15, -0.1) is 0 Å². The van der Waals surface area contributed by atoms with E-state index in [9.17, 15) is 18.0 Å². The quantitative estimate of drug-likeness (QED) is 0.594. The lowest BCUT2D eigenvalue weighted by Crippen LogP contribution is -2.34. The van der Waals surface area contributed by atoms with Gasteiger partial charge < -0.3 is 14.8 Å². The molecule has 2 heterocycles. The zero-order valence-electron chi connectivity index (χ0n) is 18.4. The molecule has 0 radical (unpaired) electrons. The number of anilines is 1. The molecule has 0 unspecified atom stereocenters. The third-order valence-electron chi connectivity index (χ3n) is 6.30. The Balaban J connectivity index is 1.60. The Labute approximate surface area is 193 Å². The minimum atomic E-state index is -4.58. The van der Waals surface area contributed by atoms with Gasteiger partial charge in [-0.25, -0.2) is 4.68 Å². The second-order valence-electron chi connectivity index (χ2n) is 8.18. The lowest BCUT2D eigenvalue weighted by molar-refractivity contribution is -0.138. The largest absolute Gasteiger partial charge is 0.493 e. The van der Waals surface area contributed by atoms with Crippen molar-refractivity contribution in [2.24, 2.45) is 0 Å².